The number of hydrogen-bond donors (Lipinski definition) is 3. The summed E-state index contributed by atoms with van der Waals surface area (Å²) in [6.45, 7) is 1.04. The topological polar surface area (TPSA) is 113 Å². The molecule has 4 N–H and O–H groups in total. The van der Waals surface area contributed by atoms with Gasteiger partial charge in [-0.1, -0.05) is 78.9 Å². The van der Waals surface area contributed by atoms with E-state index in [4.69, 9.17) is 10.5 Å². The average Bonchev–Trinajstić information content (AvgIpc) is 3.68. The molecule has 0 spiro atoms. The fourth-order valence-electron chi connectivity index (χ4n) is 5.09. The van der Waals surface area contributed by atoms with Crippen LogP contribution in [0.3, 0.4) is 0 Å². The second-order valence-electron chi connectivity index (χ2n) is 9.73. The van der Waals surface area contributed by atoms with Crippen molar-refractivity contribution in [2.75, 3.05) is 13.7 Å². The van der Waals surface area contributed by atoms with Crippen molar-refractivity contribution < 1.29 is 14.3 Å². The number of benzene rings is 3. The van der Waals surface area contributed by atoms with E-state index < -0.39 is 12.1 Å². The molecule has 0 radical (unpaired) electrons. The number of amides is 2. The van der Waals surface area contributed by atoms with Crippen LogP contribution in [0, 0.1) is 0 Å². The number of ether oxygens (including phenoxy) is 1. The Hall–Kier alpha value is -4.43. The molecule has 0 bridgehead atoms. The van der Waals surface area contributed by atoms with Gasteiger partial charge in [0.25, 0.3) is 0 Å². The minimum absolute atomic E-state index is 0.157. The Morgan fingerprint density at radius 2 is 1.67 bits per heavy atom. The molecule has 1 saturated heterocycles. The van der Waals surface area contributed by atoms with Gasteiger partial charge in [0.1, 0.15) is 11.9 Å². The van der Waals surface area contributed by atoms with E-state index in [1.165, 1.54) is 12.7 Å². The van der Waals surface area contributed by atoms with Crippen molar-refractivity contribution in [3.63, 3.8) is 0 Å². The summed E-state index contributed by atoms with van der Waals surface area (Å²) in [6, 6.07) is 25.4. The number of nitrogens with zero attached hydrogens (tertiary/aromatic N) is 2. The Labute approximate surface area is 228 Å². The Kier molecular flexibility index (Phi) is 8.03. The third-order valence-electron chi connectivity index (χ3n) is 7.22. The Bertz CT molecular complexity index is 1400. The van der Waals surface area contributed by atoms with Crippen LogP contribution in [0.5, 0.6) is 0 Å². The highest BCUT2D eigenvalue weighted by Gasteiger charge is 2.36. The predicted molar refractivity (Wildman–Crippen MR) is 151 cm³/mol. The van der Waals surface area contributed by atoms with Crippen LogP contribution < -0.4 is 11.1 Å². The molecule has 0 aliphatic carbocycles. The standard InChI is InChI=1S/C31H33N5O3/c1-39-31(38)35-26(18-21-9-11-22(19-32)12-10-21)30(37)36-17-5-8-28(36)29-33-20-27(34-29)25-15-13-24(14-16-25)23-6-3-2-4-7-23/h2-4,6-7,9-16,20,26,28H,5,8,17-19,32H2,1H3,(H,33,34)(H,35,38)/t26-,28?/m0/s1. The molecule has 2 heterocycles. The number of aromatic amines is 1. The Morgan fingerprint density at radius 3 is 2.36 bits per heavy atom. The molecule has 8 nitrogen and oxygen atoms in total. The van der Waals surface area contributed by atoms with Gasteiger partial charge in [-0.05, 0) is 40.7 Å². The van der Waals surface area contributed by atoms with Gasteiger partial charge in [0.15, 0.2) is 0 Å². The number of carbonyl (C=O) groups excluding carboxylic acids is 2. The maximum absolute atomic E-state index is 13.8. The summed E-state index contributed by atoms with van der Waals surface area (Å²) in [4.78, 5) is 35.8. The number of rotatable bonds is 8. The predicted octanol–water partition coefficient (Wildman–Crippen LogP) is 4.83. The van der Waals surface area contributed by atoms with Crippen molar-refractivity contribution >= 4 is 12.0 Å². The van der Waals surface area contributed by atoms with E-state index in [0.29, 0.717) is 19.5 Å². The first kappa shape index (κ1) is 26.2. The Balaban J connectivity index is 1.33. The lowest BCUT2D eigenvalue weighted by atomic mass is 10.0. The second-order valence-corrected chi connectivity index (χ2v) is 9.73. The van der Waals surface area contributed by atoms with Crippen molar-refractivity contribution in [1.29, 1.82) is 0 Å². The SMILES string of the molecule is COC(=O)N[C@@H](Cc1ccc(CN)cc1)C(=O)N1CCCC1c1ncc(-c2ccc(-c3ccccc3)cc2)[nH]1. The minimum atomic E-state index is -0.762. The molecule has 0 saturated carbocycles. The number of likely N-dealkylation sites (tertiary alicyclic amines) is 1. The van der Waals surface area contributed by atoms with Gasteiger partial charge in [0.2, 0.25) is 5.91 Å². The fraction of sp³-hybridized carbons (Fsp3) is 0.258. The van der Waals surface area contributed by atoms with Crippen LogP contribution >= 0.6 is 0 Å². The lowest BCUT2D eigenvalue weighted by molar-refractivity contribution is -0.134. The maximum Gasteiger partial charge on any atom is 0.407 e. The molecule has 1 fully saturated rings. The summed E-state index contributed by atoms with van der Waals surface area (Å²) < 4.78 is 4.81. The molecule has 1 aromatic heterocycles. The van der Waals surface area contributed by atoms with Crippen molar-refractivity contribution in [2.45, 2.75) is 37.9 Å². The van der Waals surface area contributed by atoms with Gasteiger partial charge in [-0.2, -0.15) is 0 Å². The highest BCUT2D eigenvalue weighted by atomic mass is 16.5. The van der Waals surface area contributed by atoms with Gasteiger partial charge in [-0.3, -0.25) is 4.79 Å². The maximum atomic E-state index is 13.8. The molecule has 4 aromatic rings. The van der Waals surface area contributed by atoms with Crippen molar-refractivity contribution in [2.24, 2.45) is 5.73 Å². The largest absolute Gasteiger partial charge is 0.453 e. The van der Waals surface area contributed by atoms with Crippen molar-refractivity contribution in [1.82, 2.24) is 20.2 Å². The van der Waals surface area contributed by atoms with E-state index in [1.807, 2.05) is 53.6 Å². The van der Waals surface area contributed by atoms with Crippen LogP contribution in [0.4, 0.5) is 4.79 Å². The van der Waals surface area contributed by atoms with Gasteiger partial charge in [0.05, 0.1) is 25.0 Å². The second kappa shape index (κ2) is 12.0. The molecule has 8 heteroatoms. The number of carbonyl (C=O) groups is 2. The Morgan fingerprint density at radius 1 is 1.00 bits per heavy atom. The molecule has 3 aromatic carbocycles. The quantitative estimate of drug-likeness (QED) is 0.306. The molecular weight excluding hydrogens is 490 g/mol. The van der Waals surface area contributed by atoms with E-state index in [2.05, 4.69) is 51.7 Å². The zero-order chi connectivity index (χ0) is 27.2. The summed E-state index contributed by atoms with van der Waals surface area (Å²) in [5.74, 6) is 0.586. The number of alkyl carbamates (subject to hydrolysis) is 1. The first-order valence-corrected chi connectivity index (χ1v) is 13.2. The molecule has 2 atom stereocenters. The number of imidazole rings is 1. The summed E-state index contributed by atoms with van der Waals surface area (Å²) in [6.07, 6.45) is 3.17. The summed E-state index contributed by atoms with van der Waals surface area (Å²) in [7, 11) is 1.29. The van der Waals surface area contributed by atoms with Crippen molar-refractivity contribution in [3.05, 3.63) is 102 Å². The molecule has 1 unspecified atom stereocenters. The number of hydrogen-bond acceptors (Lipinski definition) is 5. The highest BCUT2D eigenvalue weighted by molar-refractivity contribution is 5.86. The molecule has 2 amide bonds. The molecule has 1 aliphatic rings. The first-order valence-electron chi connectivity index (χ1n) is 13.2. The fourth-order valence-corrected chi connectivity index (χ4v) is 5.09. The van der Waals surface area contributed by atoms with E-state index in [-0.39, 0.29) is 11.9 Å². The van der Waals surface area contributed by atoms with Crippen LogP contribution in [-0.4, -0.2) is 46.6 Å². The van der Waals surface area contributed by atoms with Gasteiger partial charge in [0, 0.05) is 19.5 Å². The number of nitrogens with one attached hydrogen (secondary N) is 2. The third kappa shape index (κ3) is 6.02. The molecule has 1 aliphatic heterocycles. The average molecular weight is 524 g/mol. The monoisotopic (exact) mass is 523 g/mol. The van der Waals surface area contributed by atoms with Crippen LogP contribution in [0.15, 0.2) is 85.1 Å². The van der Waals surface area contributed by atoms with Gasteiger partial charge >= 0.3 is 6.09 Å². The van der Waals surface area contributed by atoms with Gasteiger partial charge in [-0.15, -0.1) is 0 Å². The van der Waals surface area contributed by atoms with Crippen LogP contribution in [0.25, 0.3) is 22.4 Å². The van der Waals surface area contributed by atoms with E-state index in [0.717, 1.165) is 46.6 Å². The molecule has 5 rings (SSSR count). The lowest BCUT2D eigenvalue weighted by Crippen LogP contribution is -2.49. The summed E-state index contributed by atoms with van der Waals surface area (Å²) >= 11 is 0. The summed E-state index contributed by atoms with van der Waals surface area (Å²) in [5.41, 5.74) is 11.9. The van der Waals surface area contributed by atoms with Crippen molar-refractivity contribution in [3.8, 4) is 22.4 Å². The number of nitrogens with two attached hydrogens (primary N) is 1. The number of aromatic nitrogens is 2. The van der Waals surface area contributed by atoms with Gasteiger partial charge in [-0.25, -0.2) is 9.78 Å². The van der Waals surface area contributed by atoms with E-state index >= 15 is 0 Å². The van der Waals surface area contributed by atoms with Crippen LogP contribution in [-0.2, 0) is 22.5 Å². The van der Waals surface area contributed by atoms with E-state index in [9.17, 15) is 9.59 Å². The molecular formula is C31H33N5O3. The normalized spacial score (nSPS) is 15.6. The highest BCUT2D eigenvalue weighted by Crippen LogP contribution is 2.33. The third-order valence-corrected chi connectivity index (χ3v) is 7.22. The first-order chi connectivity index (χ1) is 19.1. The van der Waals surface area contributed by atoms with Crippen LogP contribution in [0.1, 0.15) is 35.8 Å². The zero-order valence-corrected chi connectivity index (χ0v) is 22.0. The zero-order valence-electron chi connectivity index (χ0n) is 22.0. The van der Waals surface area contributed by atoms with Crippen LogP contribution in [0.2, 0.25) is 0 Å². The van der Waals surface area contributed by atoms with E-state index in [1.54, 1.807) is 0 Å². The molecule has 39 heavy (non-hydrogen) atoms. The minimum Gasteiger partial charge on any atom is -0.453 e. The smallest absolute Gasteiger partial charge is 0.407 e. The molecule has 200 valence electrons. The van der Waals surface area contributed by atoms with Gasteiger partial charge < -0.3 is 25.7 Å². The number of methoxy groups -OCH3 is 1. The summed E-state index contributed by atoms with van der Waals surface area (Å²) in [5, 5.41) is 2.73. The number of H-pyrrole nitrogens is 1. The lowest BCUT2D eigenvalue weighted by Gasteiger charge is -2.28.